The van der Waals surface area contributed by atoms with E-state index < -0.39 is 5.92 Å². The molecule has 0 amide bonds. The highest BCUT2D eigenvalue weighted by molar-refractivity contribution is 5.99. The SMILES string of the molecule is Cc1nc2c(c(=O)[nH]1)C(c1ccccc1)C1=C(CCCC1=O)O2. The first kappa shape index (κ1) is 13.9. The van der Waals surface area contributed by atoms with Gasteiger partial charge in [-0.05, 0) is 18.9 Å². The third-order valence-electron chi connectivity index (χ3n) is 4.38. The van der Waals surface area contributed by atoms with Gasteiger partial charge in [-0.1, -0.05) is 30.3 Å². The van der Waals surface area contributed by atoms with Gasteiger partial charge in [0, 0.05) is 18.4 Å². The third-order valence-corrected chi connectivity index (χ3v) is 4.38. The van der Waals surface area contributed by atoms with Gasteiger partial charge in [-0.25, -0.2) is 0 Å². The van der Waals surface area contributed by atoms with E-state index in [4.69, 9.17) is 4.74 Å². The van der Waals surface area contributed by atoms with E-state index >= 15 is 0 Å². The van der Waals surface area contributed by atoms with Crippen molar-refractivity contribution in [1.82, 2.24) is 9.97 Å². The molecule has 5 heteroatoms. The fourth-order valence-corrected chi connectivity index (χ4v) is 3.40. The molecule has 0 saturated carbocycles. The average Bonchev–Trinajstić information content (AvgIpc) is 2.54. The molecule has 23 heavy (non-hydrogen) atoms. The number of benzene rings is 1. The van der Waals surface area contributed by atoms with Crippen LogP contribution in [0.3, 0.4) is 0 Å². The van der Waals surface area contributed by atoms with Crippen molar-refractivity contribution in [1.29, 1.82) is 0 Å². The first-order valence-electron chi connectivity index (χ1n) is 7.75. The molecule has 2 heterocycles. The van der Waals surface area contributed by atoms with Gasteiger partial charge in [0.05, 0.1) is 11.5 Å². The number of nitrogens with zero attached hydrogens (tertiary/aromatic N) is 1. The number of hydrogen-bond acceptors (Lipinski definition) is 4. The molecule has 1 aromatic heterocycles. The van der Waals surface area contributed by atoms with E-state index in [2.05, 4.69) is 9.97 Å². The minimum absolute atomic E-state index is 0.0609. The number of aryl methyl sites for hydroxylation is 1. The number of Topliss-reactive ketones (excluding diaryl/α,β-unsaturated/α-hetero) is 1. The third kappa shape index (κ3) is 2.20. The summed E-state index contributed by atoms with van der Waals surface area (Å²) in [5.41, 5.74) is 1.71. The molecule has 0 spiro atoms. The molecule has 0 bridgehead atoms. The van der Waals surface area contributed by atoms with Crippen LogP contribution in [0.2, 0.25) is 0 Å². The number of hydrogen-bond donors (Lipinski definition) is 1. The summed E-state index contributed by atoms with van der Waals surface area (Å²) in [5, 5.41) is 0. The molecule has 116 valence electrons. The molecule has 0 saturated heterocycles. The van der Waals surface area contributed by atoms with Crippen molar-refractivity contribution in [3.05, 3.63) is 69.0 Å². The Labute approximate surface area is 133 Å². The lowest BCUT2D eigenvalue weighted by molar-refractivity contribution is -0.116. The van der Waals surface area contributed by atoms with Gasteiger partial charge in [-0.2, -0.15) is 4.98 Å². The summed E-state index contributed by atoms with van der Waals surface area (Å²) in [6.07, 6.45) is 1.98. The first-order chi connectivity index (χ1) is 11.1. The number of fused-ring (bicyclic) bond motifs is 1. The van der Waals surface area contributed by atoms with Gasteiger partial charge in [-0.15, -0.1) is 0 Å². The second-order valence-electron chi connectivity index (χ2n) is 5.93. The fraction of sp³-hybridized carbons (Fsp3) is 0.278. The molecular formula is C18H16N2O3. The van der Waals surface area contributed by atoms with Gasteiger partial charge in [0.2, 0.25) is 5.88 Å². The van der Waals surface area contributed by atoms with Crippen LogP contribution in [-0.4, -0.2) is 15.8 Å². The summed E-state index contributed by atoms with van der Waals surface area (Å²) in [6.45, 7) is 1.72. The van der Waals surface area contributed by atoms with Crippen molar-refractivity contribution in [2.45, 2.75) is 32.1 Å². The number of H-pyrrole nitrogens is 1. The van der Waals surface area contributed by atoms with Crippen molar-refractivity contribution in [2.24, 2.45) is 0 Å². The van der Waals surface area contributed by atoms with Gasteiger partial charge >= 0.3 is 0 Å². The van der Waals surface area contributed by atoms with Crippen LogP contribution < -0.4 is 10.3 Å². The molecule has 1 aliphatic heterocycles. The molecular weight excluding hydrogens is 292 g/mol. The number of carbonyl (C=O) groups is 1. The molecule has 2 aliphatic rings. The Bertz CT molecular complexity index is 881. The van der Waals surface area contributed by atoms with E-state index in [-0.39, 0.29) is 11.3 Å². The Morgan fingerprint density at radius 3 is 2.74 bits per heavy atom. The Morgan fingerprint density at radius 2 is 1.96 bits per heavy atom. The van der Waals surface area contributed by atoms with Crippen LogP contribution in [0.15, 0.2) is 46.5 Å². The number of allylic oxidation sites excluding steroid dienone is 2. The molecule has 5 nitrogen and oxygen atoms in total. The molecule has 1 unspecified atom stereocenters. The van der Waals surface area contributed by atoms with Crippen molar-refractivity contribution >= 4 is 5.78 Å². The largest absolute Gasteiger partial charge is 0.442 e. The van der Waals surface area contributed by atoms with Crippen LogP contribution in [0.1, 0.15) is 42.1 Å². The Balaban J connectivity index is 2.01. The van der Waals surface area contributed by atoms with Gasteiger partial charge in [-0.3, -0.25) is 9.59 Å². The number of ketones is 1. The van der Waals surface area contributed by atoms with Crippen molar-refractivity contribution in [3.63, 3.8) is 0 Å². The molecule has 1 aromatic carbocycles. The predicted molar refractivity (Wildman–Crippen MR) is 84.4 cm³/mol. The average molecular weight is 308 g/mol. The van der Waals surface area contributed by atoms with Crippen molar-refractivity contribution < 1.29 is 9.53 Å². The molecule has 0 fully saturated rings. The predicted octanol–water partition coefficient (Wildman–Crippen LogP) is 2.61. The Morgan fingerprint density at radius 1 is 1.17 bits per heavy atom. The van der Waals surface area contributed by atoms with Gasteiger partial charge in [0.1, 0.15) is 11.6 Å². The minimum atomic E-state index is -0.403. The lowest BCUT2D eigenvalue weighted by atomic mass is 9.78. The fourth-order valence-electron chi connectivity index (χ4n) is 3.40. The lowest BCUT2D eigenvalue weighted by Crippen LogP contribution is -2.31. The number of aromatic nitrogens is 2. The molecule has 1 atom stereocenters. The topological polar surface area (TPSA) is 72.0 Å². The molecule has 1 N–H and O–H groups in total. The van der Waals surface area contributed by atoms with Crippen LogP contribution in [0.5, 0.6) is 5.88 Å². The van der Waals surface area contributed by atoms with E-state index in [1.165, 1.54) is 0 Å². The van der Waals surface area contributed by atoms with Crippen molar-refractivity contribution in [3.8, 4) is 5.88 Å². The standard InChI is InChI=1S/C18H16N2O3/c1-10-19-17(22)16-14(11-6-3-2-4-7-11)15-12(21)8-5-9-13(15)23-18(16)20-10/h2-4,6-7,14H,5,8-9H2,1H3,(H,19,20,22). The van der Waals surface area contributed by atoms with Gasteiger partial charge in [0.15, 0.2) is 5.78 Å². The zero-order chi connectivity index (χ0) is 16.0. The number of nitrogens with one attached hydrogen (secondary N) is 1. The highest BCUT2D eigenvalue weighted by atomic mass is 16.5. The maximum Gasteiger partial charge on any atom is 0.258 e. The highest BCUT2D eigenvalue weighted by Crippen LogP contribution is 2.44. The number of rotatable bonds is 1. The molecule has 0 radical (unpaired) electrons. The quantitative estimate of drug-likeness (QED) is 0.879. The summed E-state index contributed by atoms with van der Waals surface area (Å²) in [4.78, 5) is 32.1. The van der Waals surface area contributed by atoms with E-state index in [1.807, 2.05) is 30.3 Å². The van der Waals surface area contributed by atoms with E-state index in [1.54, 1.807) is 6.92 Å². The summed E-state index contributed by atoms with van der Waals surface area (Å²) in [5.74, 6) is 1.16. The highest BCUT2D eigenvalue weighted by Gasteiger charge is 2.39. The summed E-state index contributed by atoms with van der Waals surface area (Å²) in [6, 6.07) is 9.61. The number of ether oxygens (including phenoxy) is 1. The number of carbonyl (C=O) groups excluding carboxylic acids is 1. The smallest absolute Gasteiger partial charge is 0.258 e. The lowest BCUT2D eigenvalue weighted by Gasteiger charge is -2.31. The second-order valence-corrected chi connectivity index (χ2v) is 5.93. The van der Waals surface area contributed by atoms with Crippen molar-refractivity contribution in [2.75, 3.05) is 0 Å². The zero-order valence-corrected chi connectivity index (χ0v) is 12.8. The first-order valence-corrected chi connectivity index (χ1v) is 7.75. The molecule has 4 rings (SSSR count). The Hall–Kier alpha value is -2.69. The summed E-state index contributed by atoms with van der Waals surface area (Å²) < 4.78 is 5.85. The second kappa shape index (κ2) is 5.19. The van der Waals surface area contributed by atoms with E-state index in [0.29, 0.717) is 41.4 Å². The summed E-state index contributed by atoms with van der Waals surface area (Å²) >= 11 is 0. The van der Waals surface area contributed by atoms with E-state index in [9.17, 15) is 9.59 Å². The van der Waals surface area contributed by atoms with Crippen LogP contribution >= 0.6 is 0 Å². The zero-order valence-electron chi connectivity index (χ0n) is 12.8. The monoisotopic (exact) mass is 308 g/mol. The van der Waals surface area contributed by atoms with Gasteiger partial charge in [0.25, 0.3) is 5.56 Å². The maximum atomic E-state index is 12.5. The Kier molecular flexibility index (Phi) is 3.15. The van der Waals surface area contributed by atoms with Crippen LogP contribution in [0, 0.1) is 6.92 Å². The van der Waals surface area contributed by atoms with E-state index in [0.717, 1.165) is 12.0 Å². The van der Waals surface area contributed by atoms with Gasteiger partial charge < -0.3 is 9.72 Å². The molecule has 2 aromatic rings. The van der Waals surface area contributed by atoms with Crippen LogP contribution in [0.4, 0.5) is 0 Å². The number of aromatic amines is 1. The summed E-state index contributed by atoms with van der Waals surface area (Å²) in [7, 11) is 0. The normalized spacial score (nSPS) is 19.9. The molecule has 1 aliphatic carbocycles. The van der Waals surface area contributed by atoms with Crippen LogP contribution in [0.25, 0.3) is 0 Å². The van der Waals surface area contributed by atoms with Crippen LogP contribution in [-0.2, 0) is 4.79 Å². The maximum absolute atomic E-state index is 12.5. The minimum Gasteiger partial charge on any atom is -0.442 e.